The van der Waals surface area contributed by atoms with Crippen molar-refractivity contribution in [3.63, 3.8) is 0 Å². The molecule has 1 saturated carbocycles. The van der Waals surface area contributed by atoms with Crippen LogP contribution < -0.4 is 16.0 Å². The molecule has 9 nitrogen and oxygen atoms in total. The Bertz CT molecular complexity index is 836. The van der Waals surface area contributed by atoms with Gasteiger partial charge in [-0.25, -0.2) is 9.78 Å². The molecule has 4 N–H and O–H groups in total. The number of rotatable bonds is 0. The Kier molecular flexibility index (Phi) is 4.91. The lowest BCUT2D eigenvalue weighted by Crippen LogP contribution is -2.32. The fourth-order valence-corrected chi connectivity index (χ4v) is 3.47. The number of alkyl carbamates (subject to hydrolysis) is 1. The first kappa shape index (κ1) is 17.3. The van der Waals surface area contributed by atoms with E-state index in [0.29, 0.717) is 18.2 Å². The lowest BCUT2D eigenvalue weighted by molar-refractivity contribution is -0.121. The molecule has 27 heavy (non-hydrogen) atoms. The molecule has 2 atom stereocenters. The molecule has 4 rings (SSSR count). The van der Waals surface area contributed by atoms with Gasteiger partial charge in [-0.1, -0.05) is 6.07 Å². The number of hydrogen-bond donors (Lipinski definition) is 4. The minimum absolute atomic E-state index is 0.124. The van der Waals surface area contributed by atoms with Gasteiger partial charge in [0.2, 0.25) is 5.91 Å². The molecule has 3 heterocycles. The van der Waals surface area contributed by atoms with Gasteiger partial charge in [0.1, 0.15) is 11.9 Å². The van der Waals surface area contributed by atoms with Crippen LogP contribution in [0.15, 0.2) is 24.3 Å². The third kappa shape index (κ3) is 4.36. The van der Waals surface area contributed by atoms with Gasteiger partial charge < -0.3 is 20.7 Å². The molecule has 0 spiro atoms. The van der Waals surface area contributed by atoms with Gasteiger partial charge in [0.25, 0.3) is 0 Å². The Labute approximate surface area is 156 Å². The van der Waals surface area contributed by atoms with Crippen molar-refractivity contribution in [2.75, 3.05) is 11.9 Å². The second-order valence-electron chi connectivity index (χ2n) is 6.84. The summed E-state index contributed by atoms with van der Waals surface area (Å²) in [6.45, 7) is 0.550. The predicted octanol–water partition coefficient (Wildman–Crippen LogP) is 1.93. The number of anilines is 2. The zero-order valence-electron chi connectivity index (χ0n) is 14.8. The minimum Gasteiger partial charge on any atom is -0.446 e. The molecule has 9 heteroatoms. The van der Waals surface area contributed by atoms with Gasteiger partial charge in [-0.2, -0.15) is 5.10 Å². The van der Waals surface area contributed by atoms with Crippen molar-refractivity contribution < 1.29 is 14.3 Å². The molecule has 2 amide bonds. The van der Waals surface area contributed by atoms with E-state index in [1.807, 2.05) is 24.3 Å². The van der Waals surface area contributed by atoms with Crippen molar-refractivity contribution in [3.05, 3.63) is 35.7 Å². The lowest BCUT2D eigenvalue weighted by atomic mass is 10.0. The van der Waals surface area contributed by atoms with E-state index in [1.54, 1.807) is 0 Å². The number of H-pyrrole nitrogens is 1. The average molecular weight is 370 g/mol. The maximum Gasteiger partial charge on any atom is 0.407 e. The summed E-state index contributed by atoms with van der Waals surface area (Å²) in [6, 6.07) is 7.54. The fraction of sp³-hybridized carbons (Fsp3) is 0.444. The van der Waals surface area contributed by atoms with Crippen LogP contribution in [0, 0.1) is 0 Å². The van der Waals surface area contributed by atoms with E-state index < -0.39 is 6.09 Å². The van der Waals surface area contributed by atoms with E-state index in [4.69, 9.17) is 4.74 Å². The van der Waals surface area contributed by atoms with E-state index in [1.165, 1.54) is 0 Å². The monoisotopic (exact) mass is 370 g/mol. The Morgan fingerprint density at radius 1 is 1.11 bits per heavy atom. The van der Waals surface area contributed by atoms with Crippen molar-refractivity contribution in [2.45, 2.75) is 44.2 Å². The highest BCUT2D eigenvalue weighted by atomic mass is 16.6. The minimum atomic E-state index is -0.476. The first-order valence-corrected chi connectivity index (χ1v) is 9.15. The number of hydrogen-bond acceptors (Lipinski definition) is 6. The number of carbonyl (C=O) groups is 2. The summed E-state index contributed by atoms with van der Waals surface area (Å²) in [6.07, 6.45) is 2.08. The van der Waals surface area contributed by atoms with Gasteiger partial charge in [0.15, 0.2) is 5.82 Å². The fourth-order valence-electron chi connectivity index (χ4n) is 3.47. The molecule has 1 aliphatic heterocycles. The number of aromatic amines is 1. The predicted molar refractivity (Wildman–Crippen MR) is 97.4 cm³/mol. The number of nitrogens with zero attached hydrogens (tertiary/aromatic N) is 2. The van der Waals surface area contributed by atoms with Crippen molar-refractivity contribution in [2.24, 2.45) is 0 Å². The zero-order chi connectivity index (χ0) is 18.6. The van der Waals surface area contributed by atoms with Crippen LogP contribution in [0.4, 0.5) is 16.4 Å². The normalized spacial score (nSPS) is 23.3. The summed E-state index contributed by atoms with van der Waals surface area (Å²) in [5.74, 6) is 1.46. The maximum atomic E-state index is 11.9. The molecular formula is C18H22N6O3. The molecule has 2 aromatic heterocycles. The second kappa shape index (κ2) is 7.65. The standard InChI is InChI=1S/C18H22N6O3/c25-17-6-7-19-18(26)27-13-5-4-11(8-13)14-9-16(24-23-14)22-15-3-1-2-12(21-15)10-20-17/h1-3,9,11,13H,4-8,10H2,(H,19,26)(H,20,25)(H2,21,22,23,24)/t11-,13+/m0/s1. The van der Waals surface area contributed by atoms with E-state index >= 15 is 0 Å². The third-order valence-corrected chi connectivity index (χ3v) is 4.85. The van der Waals surface area contributed by atoms with Crippen molar-refractivity contribution in [1.82, 2.24) is 25.8 Å². The molecule has 0 saturated heterocycles. The molecular weight excluding hydrogens is 348 g/mol. The van der Waals surface area contributed by atoms with Crippen molar-refractivity contribution >= 4 is 23.6 Å². The number of ether oxygens (including phenoxy) is 1. The topological polar surface area (TPSA) is 121 Å². The van der Waals surface area contributed by atoms with Crippen molar-refractivity contribution in [1.29, 1.82) is 0 Å². The maximum absolute atomic E-state index is 11.9. The van der Waals surface area contributed by atoms with E-state index in [2.05, 4.69) is 31.1 Å². The molecule has 1 aliphatic carbocycles. The van der Waals surface area contributed by atoms with Gasteiger partial charge in [-0.3, -0.25) is 9.89 Å². The quantitative estimate of drug-likeness (QED) is 0.562. The Morgan fingerprint density at radius 2 is 2.04 bits per heavy atom. The first-order chi connectivity index (χ1) is 13.2. The number of fused-ring (bicyclic) bond motifs is 7. The van der Waals surface area contributed by atoms with Crippen LogP contribution in [0.25, 0.3) is 0 Å². The van der Waals surface area contributed by atoms with Crippen LogP contribution in [0.1, 0.15) is 43.0 Å². The van der Waals surface area contributed by atoms with Crippen LogP contribution in [-0.4, -0.2) is 39.8 Å². The largest absolute Gasteiger partial charge is 0.446 e. The van der Waals surface area contributed by atoms with Gasteiger partial charge in [0.05, 0.1) is 12.2 Å². The molecule has 0 aromatic carbocycles. The smallest absolute Gasteiger partial charge is 0.407 e. The van der Waals surface area contributed by atoms with Gasteiger partial charge in [0, 0.05) is 30.6 Å². The van der Waals surface area contributed by atoms with Crippen LogP contribution in [0.5, 0.6) is 0 Å². The summed E-state index contributed by atoms with van der Waals surface area (Å²) in [4.78, 5) is 28.3. The average Bonchev–Trinajstić information content (AvgIpc) is 3.29. The number of nitrogens with one attached hydrogen (secondary N) is 4. The number of carbonyl (C=O) groups excluding carboxylic acids is 2. The number of aromatic nitrogens is 3. The summed E-state index contributed by atoms with van der Waals surface area (Å²) in [5.41, 5.74) is 1.75. The van der Waals surface area contributed by atoms with Crippen LogP contribution in [0.2, 0.25) is 0 Å². The second-order valence-corrected chi connectivity index (χ2v) is 6.84. The van der Waals surface area contributed by atoms with Gasteiger partial charge in [-0.15, -0.1) is 0 Å². The molecule has 2 aliphatic rings. The SMILES string of the molecule is O=C1CCNC(=O)O[C@@H]2CC[C@@H](C2)c2cc(n[nH]2)Nc2cccc(n2)CN1. The third-order valence-electron chi connectivity index (χ3n) is 4.85. The molecule has 0 radical (unpaired) electrons. The van der Waals surface area contributed by atoms with Crippen LogP contribution in [0.3, 0.4) is 0 Å². The molecule has 142 valence electrons. The highest BCUT2D eigenvalue weighted by Crippen LogP contribution is 2.36. The van der Waals surface area contributed by atoms with E-state index in [9.17, 15) is 9.59 Å². The Morgan fingerprint density at radius 3 is 2.96 bits per heavy atom. The molecule has 0 unspecified atom stereocenters. The summed E-state index contributed by atoms with van der Waals surface area (Å²) in [7, 11) is 0. The van der Waals surface area contributed by atoms with Crippen LogP contribution in [-0.2, 0) is 16.1 Å². The highest BCUT2D eigenvalue weighted by molar-refractivity contribution is 5.77. The molecule has 2 aromatic rings. The van der Waals surface area contributed by atoms with Crippen LogP contribution >= 0.6 is 0 Å². The summed E-state index contributed by atoms with van der Waals surface area (Å²) >= 11 is 0. The number of pyridine rings is 1. The summed E-state index contributed by atoms with van der Waals surface area (Å²) < 4.78 is 5.46. The van der Waals surface area contributed by atoms with Gasteiger partial charge >= 0.3 is 6.09 Å². The van der Waals surface area contributed by atoms with E-state index in [-0.39, 0.29) is 30.9 Å². The van der Waals surface area contributed by atoms with Gasteiger partial charge in [-0.05, 0) is 31.4 Å². The van der Waals surface area contributed by atoms with Crippen molar-refractivity contribution in [3.8, 4) is 0 Å². The lowest BCUT2D eigenvalue weighted by Gasteiger charge is -2.13. The van der Waals surface area contributed by atoms with E-state index in [0.717, 1.165) is 30.7 Å². The Hall–Kier alpha value is -3.10. The highest BCUT2D eigenvalue weighted by Gasteiger charge is 2.30. The first-order valence-electron chi connectivity index (χ1n) is 9.15. The molecule has 6 bridgehead atoms. The Balaban J connectivity index is 1.53. The number of amides is 2. The zero-order valence-corrected chi connectivity index (χ0v) is 14.8. The summed E-state index contributed by atoms with van der Waals surface area (Å²) in [5, 5.41) is 16.0. The molecule has 1 fully saturated rings.